The highest BCUT2D eigenvalue weighted by molar-refractivity contribution is 6.54. The Kier molecular flexibility index (Phi) is 4.80. The summed E-state index contributed by atoms with van der Waals surface area (Å²) < 4.78 is 0. The van der Waals surface area contributed by atoms with Crippen LogP contribution in [0, 0.1) is 0 Å². The smallest absolute Gasteiger partial charge is 0.121 e. The Morgan fingerprint density at radius 1 is 0.367 bits per heavy atom. The van der Waals surface area contributed by atoms with Gasteiger partial charge in [0, 0.05) is 11.1 Å². The van der Waals surface area contributed by atoms with E-state index in [1.807, 2.05) is 107 Å². The second kappa shape index (κ2) is 8.05. The van der Waals surface area contributed by atoms with Crippen LogP contribution in [-0.2, 0) is 0 Å². The first-order valence-electron chi connectivity index (χ1n) is 9.89. The lowest BCUT2D eigenvalue weighted by molar-refractivity contribution is 0.773. The molecule has 0 aromatic heterocycles. The van der Waals surface area contributed by atoms with Crippen LogP contribution >= 0.6 is 0 Å². The SMILES string of the molecule is c1ccc(C2=NN(c3ccccc3)N(c3ccccc3)N=C2c2ccccc2)cc1. The molecule has 0 N–H and O–H groups in total. The summed E-state index contributed by atoms with van der Waals surface area (Å²) in [5.74, 6) is 0. The van der Waals surface area contributed by atoms with Gasteiger partial charge in [-0.2, -0.15) is 10.2 Å². The fourth-order valence-electron chi connectivity index (χ4n) is 3.41. The Morgan fingerprint density at radius 2 is 0.667 bits per heavy atom. The third kappa shape index (κ3) is 3.47. The largest absolute Gasteiger partial charge is 0.150 e. The molecule has 1 heterocycles. The van der Waals surface area contributed by atoms with E-state index in [1.54, 1.807) is 0 Å². The lowest BCUT2D eigenvalue weighted by Crippen LogP contribution is -2.43. The van der Waals surface area contributed by atoms with Crippen molar-refractivity contribution in [2.45, 2.75) is 0 Å². The summed E-state index contributed by atoms with van der Waals surface area (Å²) >= 11 is 0. The van der Waals surface area contributed by atoms with Gasteiger partial charge in [-0.1, -0.05) is 97.1 Å². The van der Waals surface area contributed by atoms with Gasteiger partial charge in [0.15, 0.2) is 0 Å². The fraction of sp³-hybridized carbons (Fsp3) is 0. The van der Waals surface area contributed by atoms with Crippen LogP contribution in [0.5, 0.6) is 0 Å². The number of hydrogen-bond acceptors (Lipinski definition) is 4. The summed E-state index contributed by atoms with van der Waals surface area (Å²) in [7, 11) is 0. The van der Waals surface area contributed by atoms with Crippen LogP contribution in [-0.4, -0.2) is 11.4 Å². The van der Waals surface area contributed by atoms with Gasteiger partial charge in [-0.25, -0.2) is 0 Å². The topological polar surface area (TPSA) is 31.2 Å². The number of hydrogen-bond donors (Lipinski definition) is 0. The molecule has 0 bridgehead atoms. The summed E-state index contributed by atoms with van der Waals surface area (Å²) in [4.78, 5) is 0. The van der Waals surface area contributed by atoms with Crippen LogP contribution in [0.1, 0.15) is 11.1 Å². The molecule has 0 spiro atoms. The van der Waals surface area contributed by atoms with E-state index in [1.165, 1.54) is 0 Å². The number of hydrazone groups is 2. The van der Waals surface area contributed by atoms with Gasteiger partial charge in [-0.05, 0) is 24.3 Å². The zero-order chi connectivity index (χ0) is 20.2. The van der Waals surface area contributed by atoms with Crippen molar-refractivity contribution >= 4 is 22.8 Å². The highest BCUT2D eigenvalue weighted by Crippen LogP contribution is 2.28. The maximum Gasteiger partial charge on any atom is 0.121 e. The minimum Gasteiger partial charge on any atom is -0.150 e. The minimum atomic E-state index is 0.831. The van der Waals surface area contributed by atoms with Gasteiger partial charge >= 0.3 is 0 Å². The maximum absolute atomic E-state index is 5.08. The number of benzene rings is 4. The molecule has 0 amide bonds. The van der Waals surface area contributed by atoms with Gasteiger partial charge in [0.25, 0.3) is 0 Å². The van der Waals surface area contributed by atoms with E-state index in [0.717, 1.165) is 33.9 Å². The van der Waals surface area contributed by atoms with Gasteiger partial charge in [0.1, 0.15) is 11.4 Å². The van der Waals surface area contributed by atoms with Gasteiger partial charge < -0.3 is 0 Å². The normalized spacial score (nSPS) is 13.6. The zero-order valence-electron chi connectivity index (χ0n) is 16.3. The van der Waals surface area contributed by atoms with E-state index in [0.29, 0.717) is 0 Å². The average Bonchev–Trinajstić information content (AvgIpc) is 2.85. The molecule has 0 aliphatic carbocycles. The highest BCUT2D eigenvalue weighted by Gasteiger charge is 2.27. The van der Waals surface area contributed by atoms with Crippen LogP contribution in [0.2, 0.25) is 0 Å². The summed E-state index contributed by atoms with van der Waals surface area (Å²) in [5.41, 5.74) is 5.58. The summed E-state index contributed by atoms with van der Waals surface area (Å²) in [6, 6.07) is 40.6. The molecule has 0 radical (unpaired) electrons. The third-order valence-corrected chi connectivity index (χ3v) is 4.86. The zero-order valence-corrected chi connectivity index (χ0v) is 16.3. The van der Waals surface area contributed by atoms with Crippen LogP contribution in [0.4, 0.5) is 11.4 Å². The second-order valence-corrected chi connectivity index (χ2v) is 6.88. The molecule has 4 nitrogen and oxygen atoms in total. The second-order valence-electron chi connectivity index (χ2n) is 6.88. The van der Waals surface area contributed by atoms with Crippen molar-refractivity contribution in [1.82, 2.24) is 0 Å². The van der Waals surface area contributed by atoms with Crippen molar-refractivity contribution in [2.24, 2.45) is 10.2 Å². The molecule has 30 heavy (non-hydrogen) atoms. The average molecular weight is 388 g/mol. The Bertz CT molecular complexity index is 1070. The van der Waals surface area contributed by atoms with Gasteiger partial charge in [0.2, 0.25) is 0 Å². The predicted octanol–water partition coefficient (Wildman–Crippen LogP) is 5.74. The van der Waals surface area contributed by atoms with Crippen LogP contribution in [0.15, 0.2) is 132 Å². The first-order chi connectivity index (χ1) is 14.9. The fourth-order valence-corrected chi connectivity index (χ4v) is 3.41. The standard InChI is InChI=1S/C26H20N4/c1-5-13-21(14-6-1)25-26(22-15-7-2-8-16-22)28-30(24-19-11-4-12-20-24)29(27-25)23-17-9-3-10-18-23/h1-20H. The van der Waals surface area contributed by atoms with Crippen LogP contribution in [0.3, 0.4) is 0 Å². The molecular formula is C26H20N4. The van der Waals surface area contributed by atoms with E-state index in [4.69, 9.17) is 10.2 Å². The van der Waals surface area contributed by atoms with E-state index < -0.39 is 0 Å². The van der Waals surface area contributed by atoms with Gasteiger partial charge in [-0.3, -0.25) is 0 Å². The van der Waals surface area contributed by atoms with Gasteiger partial charge in [0.05, 0.1) is 11.4 Å². The first kappa shape index (κ1) is 17.9. The third-order valence-electron chi connectivity index (χ3n) is 4.86. The maximum atomic E-state index is 5.08. The molecule has 4 aromatic rings. The number of para-hydroxylation sites is 2. The molecule has 144 valence electrons. The van der Waals surface area contributed by atoms with Crippen LogP contribution < -0.4 is 10.2 Å². The van der Waals surface area contributed by atoms with Crippen molar-refractivity contribution in [3.63, 3.8) is 0 Å². The van der Waals surface area contributed by atoms with E-state index in [2.05, 4.69) is 24.3 Å². The van der Waals surface area contributed by atoms with E-state index >= 15 is 0 Å². The highest BCUT2D eigenvalue weighted by atomic mass is 15.9. The molecule has 0 unspecified atom stereocenters. The number of nitrogens with zero attached hydrogens (tertiary/aromatic N) is 4. The predicted molar refractivity (Wildman–Crippen MR) is 124 cm³/mol. The number of rotatable bonds is 4. The summed E-state index contributed by atoms with van der Waals surface area (Å²) in [6.07, 6.45) is 0. The monoisotopic (exact) mass is 388 g/mol. The Hall–Kier alpha value is -4.18. The van der Waals surface area contributed by atoms with Crippen molar-refractivity contribution in [2.75, 3.05) is 10.2 Å². The lowest BCUT2D eigenvalue weighted by Gasteiger charge is -2.34. The Morgan fingerprint density at radius 3 is 1.00 bits per heavy atom. The Labute approximate surface area is 176 Å². The molecule has 0 saturated carbocycles. The number of anilines is 2. The van der Waals surface area contributed by atoms with Crippen molar-refractivity contribution < 1.29 is 0 Å². The molecule has 4 heteroatoms. The molecule has 0 fully saturated rings. The molecule has 0 atom stereocenters. The quantitative estimate of drug-likeness (QED) is 0.447. The lowest BCUT2D eigenvalue weighted by atomic mass is 10.00. The summed E-state index contributed by atoms with van der Waals surface area (Å²) in [6.45, 7) is 0. The van der Waals surface area contributed by atoms with E-state index in [-0.39, 0.29) is 0 Å². The Balaban J connectivity index is 1.72. The molecule has 4 aromatic carbocycles. The number of hydrazine groups is 1. The molecule has 1 aliphatic heterocycles. The van der Waals surface area contributed by atoms with Crippen molar-refractivity contribution in [3.05, 3.63) is 132 Å². The van der Waals surface area contributed by atoms with E-state index in [9.17, 15) is 0 Å². The molecule has 1 aliphatic rings. The van der Waals surface area contributed by atoms with Crippen LogP contribution in [0.25, 0.3) is 0 Å². The minimum absolute atomic E-state index is 0.831. The van der Waals surface area contributed by atoms with Crippen molar-refractivity contribution in [1.29, 1.82) is 0 Å². The summed E-state index contributed by atoms with van der Waals surface area (Å²) in [5, 5.41) is 13.9. The molecule has 0 saturated heterocycles. The molecule has 5 rings (SSSR count). The molecular weight excluding hydrogens is 368 g/mol. The first-order valence-corrected chi connectivity index (χ1v) is 9.89. The van der Waals surface area contributed by atoms with Crippen molar-refractivity contribution in [3.8, 4) is 0 Å². The van der Waals surface area contributed by atoms with Gasteiger partial charge in [-0.15, -0.1) is 10.2 Å².